The molecule has 0 aliphatic carbocycles. The van der Waals surface area contributed by atoms with E-state index in [1.165, 1.54) is 13.2 Å². The van der Waals surface area contributed by atoms with E-state index in [1.54, 1.807) is 6.07 Å². The van der Waals surface area contributed by atoms with Crippen molar-refractivity contribution in [2.75, 3.05) is 7.11 Å². The topological polar surface area (TPSA) is 42.1 Å². The highest BCUT2D eigenvalue weighted by atomic mass is 16.5. The molecule has 0 amide bonds. The van der Waals surface area contributed by atoms with Crippen molar-refractivity contribution in [2.45, 2.75) is 0 Å². The molecule has 0 spiro atoms. The molecule has 1 N–H and O–H groups in total. The highest BCUT2D eigenvalue weighted by molar-refractivity contribution is 5.69. The van der Waals surface area contributed by atoms with E-state index >= 15 is 0 Å². The van der Waals surface area contributed by atoms with Crippen LogP contribution in [-0.4, -0.2) is 12.1 Å². The summed E-state index contributed by atoms with van der Waals surface area (Å²) in [6, 6.07) is 13.2. The van der Waals surface area contributed by atoms with Crippen LogP contribution in [0.3, 0.4) is 0 Å². The maximum absolute atomic E-state index is 11.3. The van der Waals surface area contributed by atoms with Gasteiger partial charge in [-0.3, -0.25) is 9.78 Å². The summed E-state index contributed by atoms with van der Waals surface area (Å²) in [4.78, 5) is 13.9. The third kappa shape index (κ3) is 3.08. The molecule has 2 rings (SSSR count). The highest BCUT2D eigenvalue weighted by Gasteiger charge is 1.95. The Bertz CT molecular complexity index is 570. The van der Waals surface area contributed by atoms with Crippen LogP contribution < -0.4 is 10.3 Å². The van der Waals surface area contributed by atoms with Gasteiger partial charge in [0.15, 0.2) is 5.88 Å². The maximum Gasteiger partial charge on any atom is 0.251 e. The van der Waals surface area contributed by atoms with Crippen molar-refractivity contribution in [3.63, 3.8) is 0 Å². The van der Waals surface area contributed by atoms with E-state index in [9.17, 15) is 4.79 Å². The van der Waals surface area contributed by atoms with Crippen LogP contribution in [0.15, 0.2) is 47.3 Å². The van der Waals surface area contributed by atoms with Gasteiger partial charge in [0.05, 0.1) is 7.11 Å². The lowest BCUT2D eigenvalue weighted by Gasteiger charge is -1.99. The summed E-state index contributed by atoms with van der Waals surface area (Å²) in [5.74, 6) is 0.463. The van der Waals surface area contributed by atoms with Gasteiger partial charge in [-0.2, -0.15) is 0 Å². The zero-order valence-corrected chi connectivity index (χ0v) is 9.51. The summed E-state index contributed by atoms with van der Waals surface area (Å²) in [5, 5.41) is 0. The molecule has 0 aliphatic rings. The minimum Gasteiger partial charge on any atom is -0.482 e. The second-order valence-corrected chi connectivity index (χ2v) is 3.59. The molecule has 0 saturated heterocycles. The van der Waals surface area contributed by atoms with Gasteiger partial charge in [-0.15, -0.1) is 0 Å². The van der Waals surface area contributed by atoms with Crippen LogP contribution >= 0.6 is 0 Å². The predicted octanol–water partition coefficient (Wildman–Crippen LogP) is 2.55. The fourth-order valence-corrected chi connectivity index (χ4v) is 1.50. The number of nitrogens with one attached hydrogen (secondary N) is 1. The van der Waals surface area contributed by atoms with Gasteiger partial charge in [0.25, 0.3) is 5.56 Å². The number of ether oxygens (including phenoxy) is 1. The Hall–Kier alpha value is -2.29. The monoisotopic (exact) mass is 227 g/mol. The van der Waals surface area contributed by atoms with Crippen molar-refractivity contribution in [1.82, 2.24) is 4.98 Å². The third-order valence-electron chi connectivity index (χ3n) is 2.33. The summed E-state index contributed by atoms with van der Waals surface area (Å²) >= 11 is 0. The average molecular weight is 227 g/mol. The largest absolute Gasteiger partial charge is 0.482 e. The molecule has 3 heteroatoms. The minimum absolute atomic E-state index is 0.169. The molecule has 0 atom stereocenters. The fraction of sp³-hybridized carbons (Fsp3) is 0.0714. The van der Waals surface area contributed by atoms with Crippen molar-refractivity contribution < 1.29 is 4.74 Å². The highest BCUT2D eigenvalue weighted by Crippen LogP contribution is 2.10. The van der Waals surface area contributed by atoms with Crippen LogP contribution in [0.4, 0.5) is 0 Å². The Morgan fingerprint density at radius 3 is 2.47 bits per heavy atom. The van der Waals surface area contributed by atoms with Crippen LogP contribution in [-0.2, 0) is 0 Å². The van der Waals surface area contributed by atoms with Gasteiger partial charge in [-0.05, 0) is 11.1 Å². The lowest BCUT2D eigenvalue weighted by atomic mass is 10.1. The Balaban J connectivity index is 2.27. The van der Waals surface area contributed by atoms with E-state index in [0.717, 1.165) is 11.1 Å². The maximum atomic E-state index is 11.3. The Kier molecular flexibility index (Phi) is 3.40. The number of benzene rings is 1. The molecule has 3 nitrogen and oxygen atoms in total. The molecule has 2 aromatic rings. The van der Waals surface area contributed by atoms with Crippen LogP contribution in [0.5, 0.6) is 5.88 Å². The quantitative estimate of drug-likeness (QED) is 0.875. The molecule has 0 radical (unpaired) electrons. The molecule has 0 fully saturated rings. The van der Waals surface area contributed by atoms with Crippen molar-refractivity contribution in [1.29, 1.82) is 0 Å². The molecule has 1 heterocycles. The third-order valence-corrected chi connectivity index (χ3v) is 2.33. The first kappa shape index (κ1) is 11.2. The second-order valence-electron chi connectivity index (χ2n) is 3.59. The van der Waals surface area contributed by atoms with Gasteiger partial charge in [0, 0.05) is 12.1 Å². The fourth-order valence-electron chi connectivity index (χ4n) is 1.50. The molecule has 1 aromatic heterocycles. The van der Waals surface area contributed by atoms with Gasteiger partial charge >= 0.3 is 0 Å². The van der Waals surface area contributed by atoms with Crippen LogP contribution in [0, 0.1) is 0 Å². The molecular formula is C14H13NO2. The first-order valence-corrected chi connectivity index (χ1v) is 5.29. The van der Waals surface area contributed by atoms with Gasteiger partial charge < -0.3 is 4.74 Å². The lowest BCUT2D eigenvalue weighted by Crippen LogP contribution is -2.05. The molecule has 86 valence electrons. The van der Waals surface area contributed by atoms with E-state index in [2.05, 4.69) is 4.98 Å². The molecule has 0 saturated carbocycles. The van der Waals surface area contributed by atoms with Crippen molar-refractivity contribution in [3.05, 3.63) is 63.9 Å². The van der Waals surface area contributed by atoms with E-state index in [-0.39, 0.29) is 5.56 Å². The van der Waals surface area contributed by atoms with E-state index in [0.29, 0.717) is 5.88 Å². The van der Waals surface area contributed by atoms with Crippen molar-refractivity contribution in [2.24, 2.45) is 0 Å². The summed E-state index contributed by atoms with van der Waals surface area (Å²) in [7, 11) is 1.52. The molecule has 0 bridgehead atoms. The number of hydrogen-bond acceptors (Lipinski definition) is 2. The summed E-state index contributed by atoms with van der Waals surface area (Å²) in [5.41, 5.74) is 1.73. The lowest BCUT2D eigenvalue weighted by molar-refractivity contribution is 0.396. The predicted molar refractivity (Wildman–Crippen MR) is 69.0 cm³/mol. The molecule has 0 aliphatic heterocycles. The first-order chi connectivity index (χ1) is 8.28. The zero-order valence-electron chi connectivity index (χ0n) is 9.51. The van der Waals surface area contributed by atoms with Crippen LogP contribution in [0.1, 0.15) is 11.1 Å². The van der Waals surface area contributed by atoms with E-state index in [4.69, 9.17) is 4.74 Å². The number of aromatic nitrogens is 1. The first-order valence-electron chi connectivity index (χ1n) is 5.29. The van der Waals surface area contributed by atoms with E-state index in [1.807, 2.05) is 42.5 Å². The van der Waals surface area contributed by atoms with E-state index < -0.39 is 0 Å². The standard InChI is InChI=1S/C14H13NO2/c1-17-14-10-12(9-13(16)15-14)8-7-11-5-3-2-4-6-11/h2-10H,1H3,(H,15,16)/b8-7+. The Labute approximate surface area is 99.4 Å². The minimum atomic E-state index is -0.169. The van der Waals surface area contributed by atoms with Crippen molar-refractivity contribution in [3.8, 4) is 5.88 Å². The van der Waals surface area contributed by atoms with Crippen molar-refractivity contribution >= 4 is 12.2 Å². The van der Waals surface area contributed by atoms with Gasteiger partial charge in [-0.1, -0.05) is 42.5 Å². The number of H-pyrrole nitrogens is 1. The summed E-state index contributed by atoms with van der Waals surface area (Å²) in [6.45, 7) is 0. The molecule has 17 heavy (non-hydrogen) atoms. The SMILES string of the molecule is COc1cc(/C=C/c2ccccc2)cc(=O)[nH]1. The molecule has 1 aromatic carbocycles. The second kappa shape index (κ2) is 5.16. The number of hydrogen-bond donors (Lipinski definition) is 1. The number of pyridine rings is 1. The van der Waals surface area contributed by atoms with Gasteiger partial charge in [-0.25, -0.2) is 0 Å². The number of methoxy groups -OCH3 is 1. The van der Waals surface area contributed by atoms with Crippen LogP contribution in [0.2, 0.25) is 0 Å². The Morgan fingerprint density at radius 1 is 1.06 bits per heavy atom. The van der Waals surface area contributed by atoms with Crippen LogP contribution in [0.25, 0.3) is 12.2 Å². The molecular weight excluding hydrogens is 214 g/mol. The number of rotatable bonds is 3. The molecule has 0 unspecified atom stereocenters. The normalized spacial score (nSPS) is 10.6. The van der Waals surface area contributed by atoms with Gasteiger partial charge in [0.1, 0.15) is 0 Å². The summed E-state index contributed by atoms with van der Waals surface area (Å²) in [6.07, 6.45) is 3.83. The Morgan fingerprint density at radius 2 is 1.76 bits per heavy atom. The summed E-state index contributed by atoms with van der Waals surface area (Å²) < 4.78 is 5.00. The smallest absolute Gasteiger partial charge is 0.251 e. The number of aromatic amines is 1. The average Bonchev–Trinajstić information content (AvgIpc) is 2.37. The zero-order chi connectivity index (χ0) is 12.1. The van der Waals surface area contributed by atoms with Gasteiger partial charge in [0.2, 0.25) is 0 Å².